The van der Waals surface area contributed by atoms with Crippen molar-refractivity contribution in [1.82, 2.24) is 15.0 Å². The van der Waals surface area contributed by atoms with Crippen molar-refractivity contribution in [2.75, 3.05) is 0 Å². The largest absolute Gasteiger partial charge is 0.391 e. The number of aliphatic hydroxyl groups excluding tert-OH is 1. The van der Waals surface area contributed by atoms with Crippen LogP contribution < -0.4 is 5.56 Å². The first-order valence-electron chi connectivity index (χ1n) is 6.73. The molecule has 3 rings (SSSR count). The molecule has 0 amide bonds. The summed E-state index contributed by atoms with van der Waals surface area (Å²) in [7, 11) is 0. The first-order valence-corrected chi connectivity index (χ1v) is 7.53. The van der Waals surface area contributed by atoms with E-state index in [0.29, 0.717) is 17.3 Å². The van der Waals surface area contributed by atoms with Gasteiger partial charge in [-0.15, -0.1) is 5.10 Å². The van der Waals surface area contributed by atoms with E-state index in [9.17, 15) is 9.90 Å². The minimum absolute atomic E-state index is 0.176. The Bertz CT molecular complexity index is 741. The zero-order valence-corrected chi connectivity index (χ0v) is 13.0. The summed E-state index contributed by atoms with van der Waals surface area (Å²) in [4.78, 5) is 12.6. The van der Waals surface area contributed by atoms with Gasteiger partial charge in [-0.25, -0.2) is 4.68 Å². The van der Waals surface area contributed by atoms with Crippen LogP contribution >= 0.6 is 15.9 Å². The summed E-state index contributed by atoms with van der Waals surface area (Å²) < 4.78 is 2.24. The SMILES string of the molecule is Cc1c(Br)cc2c(=O)n([C@H]3CCC[C@@H]3O)nnc2c1C. The number of aliphatic hydroxyl groups is 1. The second-order valence-electron chi connectivity index (χ2n) is 5.41. The summed E-state index contributed by atoms with van der Waals surface area (Å²) in [6, 6.07) is 1.55. The van der Waals surface area contributed by atoms with Crippen molar-refractivity contribution < 1.29 is 5.11 Å². The van der Waals surface area contributed by atoms with E-state index in [1.165, 1.54) is 4.68 Å². The molecule has 0 spiro atoms. The average Bonchev–Trinajstić information content (AvgIpc) is 2.84. The molecular formula is C14H16BrN3O2. The van der Waals surface area contributed by atoms with Gasteiger partial charge in [-0.3, -0.25) is 4.79 Å². The molecule has 1 aromatic heterocycles. The smallest absolute Gasteiger partial charge is 0.278 e. The van der Waals surface area contributed by atoms with Crippen molar-refractivity contribution in [3.05, 3.63) is 32.0 Å². The number of rotatable bonds is 1. The number of nitrogens with zero attached hydrogens (tertiary/aromatic N) is 3. The molecule has 1 aromatic carbocycles. The molecule has 20 heavy (non-hydrogen) atoms. The maximum atomic E-state index is 12.6. The zero-order chi connectivity index (χ0) is 14.4. The Morgan fingerprint density at radius 2 is 2.10 bits per heavy atom. The van der Waals surface area contributed by atoms with Crippen LogP contribution in [-0.2, 0) is 0 Å². The Kier molecular flexibility index (Phi) is 3.38. The fourth-order valence-corrected chi connectivity index (χ4v) is 3.36. The van der Waals surface area contributed by atoms with Crippen LogP contribution in [-0.4, -0.2) is 26.2 Å². The highest BCUT2D eigenvalue weighted by Gasteiger charge is 2.29. The molecule has 106 valence electrons. The van der Waals surface area contributed by atoms with E-state index < -0.39 is 6.10 Å². The van der Waals surface area contributed by atoms with Crippen molar-refractivity contribution >= 4 is 26.8 Å². The van der Waals surface area contributed by atoms with Gasteiger partial charge in [-0.2, -0.15) is 0 Å². The van der Waals surface area contributed by atoms with E-state index in [2.05, 4.69) is 26.2 Å². The summed E-state index contributed by atoms with van der Waals surface area (Å²) in [5.41, 5.74) is 2.48. The molecule has 1 aliphatic rings. The minimum Gasteiger partial charge on any atom is -0.391 e. The molecule has 6 heteroatoms. The zero-order valence-electron chi connectivity index (χ0n) is 11.4. The summed E-state index contributed by atoms with van der Waals surface area (Å²) in [5, 5.41) is 18.8. The van der Waals surface area contributed by atoms with Crippen LogP contribution in [0.15, 0.2) is 15.3 Å². The lowest BCUT2D eigenvalue weighted by atomic mass is 10.1. The summed E-state index contributed by atoms with van der Waals surface area (Å²) >= 11 is 3.48. The highest BCUT2D eigenvalue weighted by molar-refractivity contribution is 9.10. The monoisotopic (exact) mass is 337 g/mol. The van der Waals surface area contributed by atoms with Crippen molar-refractivity contribution in [2.45, 2.75) is 45.3 Å². The lowest BCUT2D eigenvalue weighted by molar-refractivity contribution is 0.126. The fraction of sp³-hybridized carbons (Fsp3) is 0.500. The van der Waals surface area contributed by atoms with E-state index >= 15 is 0 Å². The first kappa shape index (κ1) is 13.7. The molecule has 0 saturated heterocycles. The van der Waals surface area contributed by atoms with Crippen molar-refractivity contribution in [1.29, 1.82) is 0 Å². The fourth-order valence-electron chi connectivity index (χ4n) is 2.83. The van der Waals surface area contributed by atoms with Gasteiger partial charge in [0.25, 0.3) is 5.56 Å². The van der Waals surface area contributed by atoms with Gasteiger partial charge < -0.3 is 5.11 Å². The molecule has 1 N–H and O–H groups in total. The Morgan fingerprint density at radius 1 is 1.35 bits per heavy atom. The van der Waals surface area contributed by atoms with Gasteiger partial charge in [0.05, 0.1) is 17.5 Å². The van der Waals surface area contributed by atoms with Gasteiger partial charge >= 0.3 is 0 Å². The normalized spacial score (nSPS) is 22.6. The summed E-state index contributed by atoms with van der Waals surface area (Å²) in [5.74, 6) is 0. The van der Waals surface area contributed by atoms with Crippen LogP contribution in [0.2, 0.25) is 0 Å². The number of hydrogen-bond acceptors (Lipinski definition) is 4. The van der Waals surface area contributed by atoms with Crippen LogP contribution in [0.5, 0.6) is 0 Å². The van der Waals surface area contributed by atoms with E-state index in [0.717, 1.165) is 28.4 Å². The third-order valence-electron chi connectivity index (χ3n) is 4.24. The molecule has 1 aliphatic carbocycles. The van der Waals surface area contributed by atoms with Gasteiger partial charge in [-0.05, 0) is 50.3 Å². The standard InChI is InChI=1S/C14H16BrN3O2/c1-7-8(2)13-9(6-10(7)15)14(20)18(17-16-13)11-4-3-5-12(11)19/h6,11-12,19H,3-5H2,1-2H3/t11-,12-/m0/s1. The number of aryl methyl sites for hydroxylation is 1. The Hall–Kier alpha value is -1.27. The Balaban J connectivity index is 2.26. The Morgan fingerprint density at radius 3 is 2.75 bits per heavy atom. The second-order valence-corrected chi connectivity index (χ2v) is 6.26. The molecule has 5 nitrogen and oxygen atoms in total. The van der Waals surface area contributed by atoms with Gasteiger partial charge in [0, 0.05) is 4.47 Å². The molecule has 1 saturated carbocycles. The Labute approximate surface area is 124 Å². The van der Waals surface area contributed by atoms with Crippen molar-refractivity contribution in [3.63, 3.8) is 0 Å². The van der Waals surface area contributed by atoms with Crippen LogP contribution in [0, 0.1) is 13.8 Å². The highest BCUT2D eigenvalue weighted by atomic mass is 79.9. The molecule has 1 fully saturated rings. The highest BCUT2D eigenvalue weighted by Crippen LogP contribution is 2.29. The lowest BCUT2D eigenvalue weighted by Gasteiger charge is -2.16. The van der Waals surface area contributed by atoms with E-state index in [1.807, 2.05) is 13.8 Å². The van der Waals surface area contributed by atoms with Gasteiger partial charge in [-0.1, -0.05) is 21.1 Å². The predicted molar refractivity (Wildman–Crippen MR) is 79.9 cm³/mol. The minimum atomic E-state index is -0.505. The predicted octanol–water partition coefficient (Wildman–Crippen LogP) is 2.26. The maximum Gasteiger partial charge on any atom is 0.278 e. The van der Waals surface area contributed by atoms with E-state index in [1.54, 1.807) is 6.07 Å². The van der Waals surface area contributed by atoms with E-state index in [-0.39, 0.29) is 11.6 Å². The maximum absolute atomic E-state index is 12.6. The number of aromatic nitrogens is 3. The third kappa shape index (κ3) is 1.98. The molecule has 0 radical (unpaired) electrons. The summed E-state index contributed by atoms with van der Waals surface area (Å²) in [6.45, 7) is 3.91. The summed E-state index contributed by atoms with van der Waals surface area (Å²) in [6.07, 6.45) is 1.89. The van der Waals surface area contributed by atoms with E-state index in [4.69, 9.17) is 0 Å². The van der Waals surface area contributed by atoms with Crippen molar-refractivity contribution in [2.24, 2.45) is 0 Å². The first-order chi connectivity index (χ1) is 9.50. The van der Waals surface area contributed by atoms with Gasteiger partial charge in [0.1, 0.15) is 5.52 Å². The topological polar surface area (TPSA) is 68.0 Å². The van der Waals surface area contributed by atoms with Crippen LogP contribution in [0.4, 0.5) is 0 Å². The average molecular weight is 338 g/mol. The molecule has 2 atom stereocenters. The molecule has 0 unspecified atom stereocenters. The molecule has 0 aliphatic heterocycles. The van der Waals surface area contributed by atoms with Crippen LogP contribution in [0.3, 0.4) is 0 Å². The molecule has 1 heterocycles. The lowest BCUT2D eigenvalue weighted by Crippen LogP contribution is -2.32. The van der Waals surface area contributed by atoms with Gasteiger partial charge in [0.2, 0.25) is 0 Å². The second kappa shape index (κ2) is 4.93. The number of benzene rings is 1. The molecular weight excluding hydrogens is 322 g/mol. The quantitative estimate of drug-likeness (QED) is 0.866. The van der Waals surface area contributed by atoms with Gasteiger partial charge in [0.15, 0.2) is 0 Å². The molecule has 2 aromatic rings. The third-order valence-corrected chi connectivity index (χ3v) is 5.06. The molecule has 0 bridgehead atoms. The van der Waals surface area contributed by atoms with Crippen LogP contribution in [0.25, 0.3) is 10.9 Å². The number of fused-ring (bicyclic) bond motifs is 1. The number of halogens is 1. The number of hydrogen-bond donors (Lipinski definition) is 1. The van der Waals surface area contributed by atoms with Crippen molar-refractivity contribution in [3.8, 4) is 0 Å². The van der Waals surface area contributed by atoms with Crippen LogP contribution in [0.1, 0.15) is 36.4 Å².